The number of hydrogen-bond acceptors (Lipinski definition) is 2. The lowest BCUT2D eigenvalue weighted by atomic mass is 10.4. The lowest BCUT2D eigenvalue weighted by molar-refractivity contribution is 0.584. The molecule has 0 bridgehead atoms. The van der Waals surface area contributed by atoms with Crippen molar-refractivity contribution in [1.29, 1.82) is 0 Å². The number of hydrogen-bond donors (Lipinski definition) is 1. The van der Waals surface area contributed by atoms with Crippen LogP contribution in [-0.4, -0.2) is 15.0 Å². The van der Waals surface area contributed by atoms with E-state index in [1.165, 1.54) is 0 Å². The standard InChI is InChI=1S/C8H9BrINO2S/c1-2-11-14(12,13)6-3-4-8(10)7(9)5-6/h3-5,11H,2H2,1H3. The Labute approximate surface area is 106 Å². The van der Waals surface area contributed by atoms with Crippen LogP contribution in [0.15, 0.2) is 27.6 Å². The molecule has 0 fully saturated rings. The third kappa shape index (κ3) is 2.91. The van der Waals surface area contributed by atoms with Crippen LogP contribution in [-0.2, 0) is 10.0 Å². The lowest BCUT2D eigenvalue weighted by Crippen LogP contribution is -2.23. The maximum absolute atomic E-state index is 11.6. The van der Waals surface area contributed by atoms with Crippen LogP contribution in [0.1, 0.15) is 6.92 Å². The quantitative estimate of drug-likeness (QED) is 0.806. The molecule has 1 N–H and O–H groups in total. The van der Waals surface area contributed by atoms with Crippen molar-refractivity contribution >= 4 is 48.5 Å². The molecule has 0 atom stereocenters. The summed E-state index contributed by atoms with van der Waals surface area (Å²) < 4.78 is 27.3. The summed E-state index contributed by atoms with van der Waals surface area (Å²) in [5.74, 6) is 0. The van der Waals surface area contributed by atoms with Gasteiger partial charge < -0.3 is 0 Å². The van der Waals surface area contributed by atoms with Crippen molar-refractivity contribution in [3.63, 3.8) is 0 Å². The highest BCUT2D eigenvalue weighted by atomic mass is 127. The predicted octanol–water partition coefficient (Wildman–Crippen LogP) is 2.35. The van der Waals surface area contributed by atoms with E-state index < -0.39 is 10.0 Å². The molecule has 0 aliphatic rings. The summed E-state index contributed by atoms with van der Waals surface area (Å²) in [6, 6.07) is 4.94. The smallest absolute Gasteiger partial charge is 0.211 e. The first kappa shape index (κ1) is 12.4. The van der Waals surface area contributed by atoms with Gasteiger partial charge in [0.25, 0.3) is 0 Å². The van der Waals surface area contributed by atoms with Gasteiger partial charge in [-0.3, -0.25) is 0 Å². The fourth-order valence-electron chi connectivity index (χ4n) is 0.917. The Hall–Kier alpha value is 0.340. The monoisotopic (exact) mass is 389 g/mol. The van der Waals surface area contributed by atoms with E-state index in [4.69, 9.17) is 0 Å². The van der Waals surface area contributed by atoms with Crippen LogP contribution < -0.4 is 4.72 Å². The van der Waals surface area contributed by atoms with E-state index in [1.807, 2.05) is 0 Å². The van der Waals surface area contributed by atoms with Gasteiger partial charge in [-0.05, 0) is 56.7 Å². The molecule has 3 nitrogen and oxygen atoms in total. The zero-order chi connectivity index (χ0) is 10.8. The third-order valence-electron chi connectivity index (χ3n) is 1.54. The third-order valence-corrected chi connectivity index (χ3v) is 5.42. The summed E-state index contributed by atoms with van der Waals surface area (Å²) >= 11 is 5.42. The van der Waals surface area contributed by atoms with Crippen molar-refractivity contribution in [1.82, 2.24) is 4.72 Å². The summed E-state index contributed by atoms with van der Waals surface area (Å²) in [5.41, 5.74) is 0. The van der Waals surface area contributed by atoms with E-state index >= 15 is 0 Å². The molecule has 1 rings (SSSR count). The largest absolute Gasteiger partial charge is 0.240 e. The van der Waals surface area contributed by atoms with Crippen LogP contribution in [0.3, 0.4) is 0 Å². The van der Waals surface area contributed by atoms with Gasteiger partial charge >= 0.3 is 0 Å². The second-order valence-corrected chi connectivity index (χ2v) is 6.36. The molecule has 1 aromatic rings. The minimum atomic E-state index is -3.33. The van der Waals surface area contributed by atoms with Gasteiger partial charge in [-0.15, -0.1) is 0 Å². The first-order valence-corrected chi connectivity index (χ1v) is 7.27. The van der Waals surface area contributed by atoms with Crippen LogP contribution in [0, 0.1) is 3.57 Å². The number of halogens is 2. The van der Waals surface area contributed by atoms with Crippen molar-refractivity contribution in [2.24, 2.45) is 0 Å². The molecule has 0 spiro atoms. The van der Waals surface area contributed by atoms with Crippen LogP contribution >= 0.6 is 38.5 Å². The molecule has 1 aromatic carbocycles. The Morgan fingerprint density at radius 3 is 2.64 bits per heavy atom. The molecule has 0 unspecified atom stereocenters. The van der Waals surface area contributed by atoms with Gasteiger partial charge in [-0.25, -0.2) is 13.1 Å². The molecule has 0 aliphatic heterocycles. The highest BCUT2D eigenvalue weighted by Crippen LogP contribution is 2.22. The van der Waals surface area contributed by atoms with E-state index in [0.717, 1.165) is 8.04 Å². The molecule has 0 saturated carbocycles. The lowest BCUT2D eigenvalue weighted by Gasteiger charge is -2.05. The van der Waals surface area contributed by atoms with Crippen molar-refractivity contribution in [2.45, 2.75) is 11.8 Å². The number of benzene rings is 1. The van der Waals surface area contributed by atoms with E-state index in [2.05, 4.69) is 43.2 Å². The van der Waals surface area contributed by atoms with Crippen LogP contribution in [0.4, 0.5) is 0 Å². The summed E-state index contributed by atoms with van der Waals surface area (Å²) in [6.45, 7) is 2.14. The van der Waals surface area contributed by atoms with Gasteiger partial charge in [0.15, 0.2) is 0 Å². The minimum Gasteiger partial charge on any atom is -0.211 e. The molecule has 0 radical (unpaired) electrons. The van der Waals surface area contributed by atoms with Gasteiger partial charge in [0.05, 0.1) is 4.90 Å². The molecule has 0 saturated heterocycles. The van der Waals surface area contributed by atoms with Crippen molar-refractivity contribution in [2.75, 3.05) is 6.54 Å². The Balaban J connectivity index is 3.15. The number of sulfonamides is 1. The summed E-state index contributed by atoms with van der Waals surface area (Å²) in [7, 11) is -3.33. The fourth-order valence-corrected chi connectivity index (χ4v) is 2.85. The first-order chi connectivity index (χ1) is 6.47. The summed E-state index contributed by atoms with van der Waals surface area (Å²) in [5, 5.41) is 0. The van der Waals surface area contributed by atoms with E-state index in [9.17, 15) is 8.42 Å². The van der Waals surface area contributed by atoms with Gasteiger partial charge in [0.2, 0.25) is 10.0 Å². The molecule has 0 heterocycles. The molecule has 6 heteroatoms. The average Bonchev–Trinajstić information content (AvgIpc) is 2.09. The van der Waals surface area contributed by atoms with E-state index in [-0.39, 0.29) is 4.90 Å². The Morgan fingerprint density at radius 1 is 1.50 bits per heavy atom. The van der Waals surface area contributed by atoms with Crippen LogP contribution in [0.2, 0.25) is 0 Å². The maximum Gasteiger partial charge on any atom is 0.240 e. The van der Waals surface area contributed by atoms with Crippen molar-refractivity contribution in [3.8, 4) is 0 Å². The molecule has 0 aromatic heterocycles. The highest BCUT2D eigenvalue weighted by Gasteiger charge is 2.13. The first-order valence-electron chi connectivity index (χ1n) is 3.92. The molecular weight excluding hydrogens is 381 g/mol. The van der Waals surface area contributed by atoms with E-state index in [1.54, 1.807) is 25.1 Å². The average molecular weight is 390 g/mol. The maximum atomic E-state index is 11.6. The van der Waals surface area contributed by atoms with Gasteiger partial charge in [0, 0.05) is 14.6 Å². The highest BCUT2D eigenvalue weighted by molar-refractivity contribution is 14.1. The summed E-state index contributed by atoms with van der Waals surface area (Å²) in [6.07, 6.45) is 0. The van der Waals surface area contributed by atoms with Crippen LogP contribution in [0.5, 0.6) is 0 Å². The Morgan fingerprint density at radius 2 is 2.14 bits per heavy atom. The van der Waals surface area contributed by atoms with Gasteiger partial charge in [-0.1, -0.05) is 6.92 Å². The van der Waals surface area contributed by atoms with Gasteiger partial charge in [0.1, 0.15) is 0 Å². The second kappa shape index (κ2) is 4.91. The molecule has 0 aliphatic carbocycles. The van der Waals surface area contributed by atoms with Crippen molar-refractivity contribution < 1.29 is 8.42 Å². The zero-order valence-corrected chi connectivity index (χ0v) is 12.0. The molecule has 14 heavy (non-hydrogen) atoms. The van der Waals surface area contributed by atoms with Gasteiger partial charge in [-0.2, -0.15) is 0 Å². The minimum absolute atomic E-state index is 0.284. The molecule has 78 valence electrons. The van der Waals surface area contributed by atoms with E-state index in [0.29, 0.717) is 6.54 Å². The van der Waals surface area contributed by atoms with Crippen molar-refractivity contribution in [3.05, 3.63) is 26.2 Å². The second-order valence-electron chi connectivity index (χ2n) is 2.58. The SMILES string of the molecule is CCNS(=O)(=O)c1ccc(I)c(Br)c1. The summed E-state index contributed by atoms with van der Waals surface area (Å²) in [4.78, 5) is 0.284. The molecular formula is C8H9BrINO2S. The predicted molar refractivity (Wildman–Crippen MR) is 67.7 cm³/mol. The molecule has 0 amide bonds. The normalized spacial score (nSPS) is 11.6. The number of rotatable bonds is 3. The van der Waals surface area contributed by atoms with Crippen LogP contribution in [0.25, 0.3) is 0 Å². The topological polar surface area (TPSA) is 46.2 Å². The Bertz CT molecular complexity index is 433. The zero-order valence-electron chi connectivity index (χ0n) is 7.42. The Kier molecular flexibility index (Phi) is 4.35. The fraction of sp³-hybridized carbons (Fsp3) is 0.250. The number of nitrogens with one attached hydrogen (secondary N) is 1.